The van der Waals surface area contributed by atoms with E-state index in [0.29, 0.717) is 27.5 Å². The Labute approximate surface area is 156 Å². The predicted octanol–water partition coefficient (Wildman–Crippen LogP) is 3.39. The van der Waals surface area contributed by atoms with Crippen LogP contribution >= 0.6 is 0 Å². The zero-order valence-corrected chi connectivity index (χ0v) is 15.4. The number of nitrogens with one attached hydrogen (secondary N) is 1. The highest BCUT2D eigenvalue weighted by atomic mass is 32.2. The second kappa shape index (κ2) is 6.21. The minimum Gasteiger partial charge on any atom is -0.493 e. The first-order valence-electron chi connectivity index (χ1n) is 8.45. The zero-order valence-electron chi connectivity index (χ0n) is 14.6. The van der Waals surface area contributed by atoms with Gasteiger partial charge in [0.05, 0.1) is 37.5 Å². The number of benzene rings is 1. The molecule has 0 saturated heterocycles. The monoisotopic (exact) mass is 379 g/mol. The highest BCUT2D eigenvalue weighted by Crippen LogP contribution is 2.35. The second-order valence-electron chi connectivity index (χ2n) is 6.54. The molecule has 3 aromatic rings. The molecule has 1 aliphatic rings. The van der Waals surface area contributed by atoms with E-state index in [1.165, 1.54) is 10.9 Å². The average molecular weight is 379 g/mol. The van der Waals surface area contributed by atoms with Gasteiger partial charge in [-0.1, -0.05) is 12.1 Å². The van der Waals surface area contributed by atoms with Crippen molar-refractivity contribution < 1.29 is 9.32 Å². The third-order valence-corrected chi connectivity index (χ3v) is 6.97. The number of hydrogen-bond acceptors (Lipinski definition) is 6. The maximum absolute atomic E-state index is 12.5. The van der Waals surface area contributed by atoms with Crippen LogP contribution in [0.5, 0.6) is 5.88 Å². The van der Waals surface area contributed by atoms with Crippen LogP contribution in [0, 0.1) is 23.0 Å². The van der Waals surface area contributed by atoms with Crippen LogP contribution in [0.4, 0.5) is 0 Å². The summed E-state index contributed by atoms with van der Waals surface area (Å²) >= 11 is 0. The third-order valence-electron chi connectivity index (χ3n) is 4.62. The summed E-state index contributed by atoms with van der Waals surface area (Å²) in [6.07, 6.45) is 3.06. The van der Waals surface area contributed by atoms with Crippen molar-refractivity contribution in [3.05, 3.63) is 53.9 Å². The zero-order chi connectivity index (χ0) is 19.2. The maximum atomic E-state index is 12.5. The van der Waals surface area contributed by atoms with Gasteiger partial charge in [0.25, 0.3) is 0 Å². The van der Waals surface area contributed by atoms with E-state index in [9.17, 15) is 9.32 Å². The molecule has 27 heavy (non-hydrogen) atoms. The molecule has 1 aliphatic carbocycles. The number of rotatable bonds is 4. The topological polar surface area (TPSA) is 116 Å². The molecule has 2 aromatic heterocycles. The minimum atomic E-state index is -2.81. The Balaban J connectivity index is 1.71. The summed E-state index contributed by atoms with van der Waals surface area (Å²) in [6, 6.07) is 12.2. The fourth-order valence-electron chi connectivity index (χ4n) is 2.99. The fraction of sp³-hybridized carbons (Fsp3) is 0.211. The van der Waals surface area contributed by atoms with Gasteiger partial charge in [0.1, 0.15) is 0 Å². The van der Waals surface area contributed by atoms with Crippen molar-refractivity contribution in [2.75, 3.05) is 0 Å². The van der Waals surface area contributed by atoms with E-state index in [2.05, 4.69) is 16.2 Å². The Morgan fingerprint density at radius 2 is 1.96 bits per heavy atom. The number of aromatic nitrogens is 3. The van der Waals surface area contributed by atoms with Crippen LogP contribution in [-0.4, -0.2) is 29.3 Å². The molecule has 1 saturated carbocycles. The molecule has 8 heteroatoms. The molecular formula is C19H17N5O2S. The van der Waals surface area contributed by atoms with Crippen molar-refractivity contribution in [3.63, 3.8) is 0 Å². The van der Waals surface area contributed by atoms with E-state index >= 15 is 0 Å². The van der Waals surface area contributed by atoms with E-state index in [4.69, 9.17) is 10.0 Å². The predicted molar refractivity (Wildman–Crippen MR) is 100 cm³/mol. The molecule has 1 fully saturated rings. The van der Waals surface area contributed by atoms with Crippen molar-refractivity contribution in [1.29, 1.82) is 10.0 Å². The highest BCUT2D eigenvalue weighted by molar-refractivity contribution is 7.93. The van der Waals surface area contributed by atoms with E-state index in [-0.39, 0.29) is 11.1 Å². The molecule has 2 N–H and O–H groups in total. The number of nitrogens with zero attached hydrogens (tertiary/aromatic N) is 4. The van der Waals surface area contributed by atoms with Gasteiger partial charge in [-0.05, 0) is 49.6 Å². The molecule has 1 unspecified atom stereocenters. The molecule has 0 amide bonds. The molecule has 4 rings (SSSR count). The van der Waals surface area contributed by atoms with Gasteiger partial charge in [-0.15, -0.1) is 0 Å². The Hall–Kier alpha value is -3.18. The summed E-state index contributed by atoms with van der Waals surface area (Å²) in [7, 11) is -2.81. The lowest BCUT2D eigenvalue weighted by Gasteiger charge is -2.07. The number of nitriles is 1. The average Bonchev–Trinajstić information content (AvgIpc) is 3.49. The van der Waals surface area contributed by atoms with Crippen LogP contribution in [0.15, 0.2) is 47.5 Å². The van der Waals surface area contributed by atoms with Crippen molar-refractivity contribution >= 4 is 9.73 Å². The van der Waals surface area contributed by atoms with Crippen LogP contribution in [0.25, 0.3) is 16.9 Å². The van der Waals surface area contributed by atoms with Gasteiger partial charge < -0.3 is 5.11 Å². The minimum absolute atomic E-state index is 0.0637. The Morgan fingerprint density at radius 3 is 2.52 bits per heavy atom. The van der Waals surface area contributed by atoms with Crippen LogP contribution in [0.2, 0.25) is 0 Å². The lowest BCUT2D eigenvalue weighted by molar-refractivity contribution is 0.433. The first-order chi connectivity index (χ1) is 12.9. The standard InChI is InChI=1S/C19H17N5O2S/c1-12-18(14-4-2-13(10-20)3-5-14)19(25)24(23-12)17-9-8-16(11-22-17)27(21,26)15-6-7-15/h2-5,8-9,11,15,21,25H,6-7H2,1H3. The Bertz CT molecular complexity index is 1150. The molecule has 1 aromatic carbocycles. The van der Waals surface area contributed by atoms with Crippen LogP contribution in [-0.2, 0) is 9.73 Å². The van der Waals surface area contributed by atoms with E-state index < -0.39 is 9.73 Å². The summed E-state index contributed by atoms with van der Waals surface area (Å²) in [5.41, 5.74) is 2.46. The van der Waals surface area contributed by atoms with E-state index in [1.54, 1.807) is 43.3 Å². The summed E-state index contributed by atoms with van der Waals surface area (Å²) in [4.78, 5) is 4.67. The van der Waals surface area contributed by atoms with E-state index in [1.807, 2.05) is 0 Å². The molecule has 2 heterocycles. The highest BCUT2D eigenvalue weighted by Gasteiger charge is 2.34. The lowest BCUT2D eigenvalue weighted by atomic mass is 10.0. The number of aromatic hydroxyl groups is 1. The molecule has 0 aliphatic heterocycles. The largest absolute Gasteiger partial charge is 0.493 e. The SMILES string of the molecule is Cc1nn(-c2ccc(S(=N)(=O)C3CC3)cn2)c(O)c1-c1ccc(C#N)cc1. The second-order valence-corrected chi connectivity index (χ2v) is 8.88. The number of pyridine rings is 1. The van der Waals surface area contributed by atoms with Gasteiger partial charge in [0.2, 0.25) is 5.88 Å². The van der Waals surface area contributed by atoms with Gasteiger partial charge in [-0.3, -0.25) is 0 Å². The summed E-state index contributed by atoms with van der Waals surface area (Å²) in [6.45, 7) is 1.78. The van der Waals surface area contributed by atoms with Crippen molar-refractivity contribution in [1.82, 2.24) is 14.8 Å². The van der Waals surface area contributed by atoms with Crippen LogP contribution in [0.3, 0.4) is 0 Å². The first-order valence-corrected chi connectivity index (χ1v) is 10.1. The Kier molecular flexibility index (Phi) is 3.97. The smallest absolute Gasteiger partial charge is 0.223 e. The van der Waals surface area contributed by atoms with Gasteiger partial charge in [0, 0.05) is 11.4 Å². The number of aryl methyl sites for hydroxylation is 1. The fourth-order valence-corrected chi connectivity index (χ4v) is 4.66. The first kappa shape index (κ1) is 17.2. The van der Waals surface area contributed by atoms with Gasteiger partial charge in [-0.25, -0.2) is 14.0 Å². The van der Waals surface area contributed by atoms with E-state index in [0.717, 1.165) is 18.4 Å². The third kappa shape index (κ3) is 2.96. The van der Waals surface area contributed by atoms with Crippen molar-refractivity contribution in [3.8, 4) is 28.9 Å². The maximum Gasteiger partial charge on any atom is 0.223 e. The molecule has 0 bridgehead atoms. The molecule has 7 nitrogen and oxygen atoms in total. The summed E-state index contributed by atoms with van der Waals surface area (Å²) in [5, 5.41) is 23.9. The molecule has 1 atom stereocenters. The van der Waals surface area contributed by atoms with Crippen LogP contribution in [0.1, 0.15) is 24.1 Å². The normalized spacial score (nSPS) is 15.9. The van der Waals surface area contributed by atoms with Crippen LogP contribution < -0.4 is 0 Å². The molecule has 0 spiro atoms. The van der Waals surface area contributed by atoms with Gasteiger partial charge in [-0.2, -0.15) is 15.0 Å². The van der Waals surface area contributed by atoms with Gasteiger partial charge in [0.15, 0.2) is 5.82 Å². The molecule has 136 valence electrons. The lowest BCUT2D eigenvalue weighted by Crippen LogP contribution is -2.07. The summed E-state index contributed by atoms with van der Waals surface area (Å²) < 4.78 is 21.9. The van der Waals surface area contributed by atoms with Crippen molar-refractivity contribution in [2.45, 2.75) is 29.9 Å². The van der Waals surface area contributed by atoms with Crippen molar-refractivity contribution in [2.24, 2.45) is 0 Å². The molecule has 0 radical (unpaired) electrons. The number of hydrogen-bond donors (Lipinski definition) is 2. The quantitative estimate of drug-likeness (QED) is 0.721. The Morgan fingerprint density at radius 1 is 1.26 bits per heavy atom. The van der Waals surface area contributed by atoms with Gasteiger partial charge >= 0.3 is 0 Å². The summed E-state index contributed by atoms with van der Waals surface area (Å²) in [5.74, 6) is 0.316. The molecular weight excluding hydrogens is 362 g/mol.